The number of nitrogens with zero attached hydrogens (tertiary/aromatic N) is 1. The Bertz CT molecular complexity index is 444. The van der Waals surface area contributed by atoms with E-state index < -0.39 is 5.91 Å². The molecule has 0 saturated carbocycles. The van der Waals surface area contributed by atoms with Crippen LogP contribution in [0.15, 0.2) is 24.3 Å². The number of carbonyl (C=O) groups is 2. The van der Waals surface area contributed by atoms with Gasteiger partial charge in [-0.25, -0.2) is 4.79 Å². The first-order chi connectivity index (χ1) is 8.66. The van der Waals surface area contributed by atoms with Crippen molar-refractivity contribution in [3.8, 4) is 0 Å². The van der Waals surface area contributed by atoms with Crippen molar-refractivity contribution in [3.63, 3.8) is 0 Å². The summed E-state index contributed by atoms with van der Waals surface area (Å²) in [5, 5.41) is 5.93. The van der Waals surface area contributed by atoms with E-state index in [9.17, 15) is 9.59 Å². The summed E-state index contributed by atoms with van der Waals surface area (Å²) >= 11 is 0. The molecule has 1 aliphatic heterocycles. The predicted molar refractivity (Wildman–Crippen MR) is 68.4 cm³/mol. The van der Waals surface area contributed by atoms with Crippen LogP contribution in [-0.4, -0.2) is 43.0 Å². The molecule has 4 N–H and O–H groups in total. The molecule has 1 saturated heterocycles. The van der Waals surface area contributed by atoms with Crippen LogP contribution < -0.4 is 16.4 Å². The van der Waals surface area contributed by atoms with Crippen LogP contribution in [0.4, 0.5) is 10.5 Å². The molecular formula is C12H16N4O2. The Balaban J connectivity index is 1.79. The SMILES string of the molecule is NC(=O)c1ccc(NCCN2CCNC2=O)cc1. The summed E-state index contributed by atoms with van der Waals surface area (Å²) in [4.78, 5) is 23.9. The van der Waals surface area contributed by atoms with Crippen molar-refractivity contribution in [2.24, 2.45) is 5.73 Å². The molecule has 96 valence electrons. The van der Waals surface area contributed by atoms with Gasteiger partial charge in [-0.05, 0) is 24.3 Å². The average Bonchev–Trinajstić information content (AvgIpc) is 2.76. The highest BCUT2D eigenvalue weighted by Gasteiger charge is 2.18. The molecule has 1 aromatic rings. The summed E-state index contributed by atoms with van der Waals surface area (Å²) in [6.07, 6.45) is 0. The van der Waals surface area contributed by atoms with Gasteiger partial charge in [-0.15, -0.1) is 0 Å². The number of benzene rings is 1. The molecule has 18 heavy (non-hydrogen) atoms. The maximum Gasteiger partial charge on any atom is 0.317 e. The maximum absolute atomic E-state index is 11.3. The summed E-state index contributed by atoms with van der Waals surface area (Å²) in [5.41, 5.74) is 6.54. The monoisotopic (exact) mass is 248 g/mol. The molecule has 3 amide bonds. The molecule has 0 atom stereocenters. The summed E-state index contributed by atoms with van der Waals surface area (Å²) in [6, 6.07) is 6.93. The molecule has 0 radical (unpaired) electrons. The van der Waals surface area contributed by atoms with Gasteiger partial charge in [0.2, 0.25) is 5.91 Å². The second-order valence-electron chi connectivity index (χ2n) is 4.09. The molecule has 1 aliphatic rings. The molecular weight excluding hydrogens is 232 g/mol. The molecule has 6 heteroatoms. The second kappa shape index (κ2) is 5.39. The molecule has 0 spiro atoms. The van der Waals surface area contributed by atoms with Crippen molar-refractivity contribution < 1.29 is 9.59 Å². The van der Waals surface area contributed by atoms with Gasteiger partial charge in [0.25, 0.3) is 0 Å². The zero-order chi connectivity index (χ0) is 13.0. The van der Waals surface area contributed by atoms with E-state index in [0.717, 1.165) is 12.2 Å². The van der Waals surface area contributed by atoms with Gasteiger partial charge in [0.05, 0.1) is 0 Å². The number of carbonyl (C=O) groups excluding carboxylic acids is 2. The first-order valence-corrected chi connectivity index (χ1v) is 5.83. The number of amides is 3. The summed E-state index contributed by atoms with van der Waals surface area (Å²) in [5.74, 6) is -0.435. The fraction of sp³-hybridized carbons (Fsp3) is 0.333. The van der Waals surface area contributed by atoms with E-state index in [-0.39, 0.29) is 6.03 Å². The topological polar surface area (TPSA) is 87.5 Å². The highest BCUT2D eigenvalue weighted by molar-refractivity contribution is 5.93. The van der Waals surface area contributed by atoms with Gasteiger partial charge in [-0.3, -0.25) is 4.79 Å². The van der Waals surface area contributed by atoms with Gasteiger partial charge in [0.1, 0.15) is 0 Å². The number of nitrogens with two attached hydrogens (primary N) is 1. The molecule has 6 nitrogen and oxygen atoms in total. The number of nitrogens with one attached hydrogen (secondary N) is 2. The van der Waals surface area contributed by atoms with Crippen LogP contribution >= 0.6 is 0 Å². The summed E-state index contributed by atoms with van der Waals surface area (Å²) < 4.78 is 0. The minimum absolute atomic E-state index is 0.0131. The number of hydrogen-bond donors (Lipinski definition) is 3. The fourth-order valence-corrected chi connectivity index (χ4v) is 1.81. The lowest BCUT2D eigenvalue weighted by molar-refractivity contribution is 0.100. The van der Waals surface area contributed by atoms with Gasteiger partial charge < -0.3 is 21.3 Å². The van der Waals surface area contributed by atoms with Crippen LogP contribution in [0.3, 0.4) is 0 Å². The third-order valence-electron chi connectivity index (χ3n) is 2.83. The first kappa shape index (κ1) is 12.2. The van der Waals surface area contributed by atoms with E-state index in [2.05, 4.69) is 10.6 Å². The Hall–Kier alpha value is -2.24. The second-order valence-corrected chi connectivity index (χ2v) is 4.09. The van der Waals surface area contributed by atoms with E-state index in [4.69, 9.17) is 5.73 Å². The first-order valence-electron chi connectivity index (χ1n) is 5.83. The van der Waals surface area contributed by atoms with E-state index >= 15 is 0 Å². The highest BCUT2D eigenvalue weighted by Crippen LogP contribution is 2.08. The van der Waals surface area contributed by atoms with Crippen LogP contribution in [0.2, 0.25) is 0 Å². The lowest BCUT2D eigenvalue weighted by Crippen LogP contribution is -2.32. The molecule has 0 aromatic heterocycles. The molecule has 0 bridgehead atoms. The number of anilines is 1. The lowest BCUT2D eigenvalue weighted by Gasteiger charge is -2.14. The fourth-order valence-electron chi connectivity index (χ4n) is 1.81. The highest BCUT2D eigenvalue weighted by atomic mass is 16.2. The van der Waals surface area contributed by atoms with Crippen LogP contribution in [0.25, 0.3) is 0 Å². The molecule has 0 unspecified atom stereocenters. The van der Waals surface area contributed by atoms with E-state index in [0.29, 0.717) is 25.2 Å². The Morgan fingerprint density at radius 2 is 2.11 bits per heavy atom. The predicted octanol–water partition coefficient (Wildman–Crippen LogP) is 0.223. The largest absolute Gasteiger partial charge is 0.383 e. The summed E-state index contributed by atoms with van der Waals surface area (Å²) in [6.45, 7) is 2.79. The minimum Gasteiger partial charge on any atom is -0.383 e. The van der Waals surface area contributed by atoms with Crippen LogP contribution in [0, 0.1) is 0 Å². The van der Waals surface area contributed by atoms with E-state index in [1.54, 1.807) is 29.2 Å². The Kier molecular flexibility index (Phi) is 3.66. The standard InChI is InChI=1S/C12H16N4O2/c13-11(17)9-1-3-10(4-2-9)14-5-7-16-8-6-15-12(16)18/h1-4,14H,5-8H2,(H2,13,17)(H,15,18). The quantitative estimate of drug-likeness (QED) is 0.696. The molecule has 0 aliphatic carbocycles. The zero-order valence-electron chi connectivity index (χ0n) is 9.98. The normalized spacial score (nSPS) is 14.4. The van der Waals surface area contributed by atoms with Gasteiger partial charge >= 0.3 is 6.03 Å². The van der Waals surface area contributed by atoms with Gasteiger partial charge in [-0.1, -0.05) is 0 Å². The molecule has 2 rings (SSSR count). The van der Waals surface area contributed by atoms with Crippen molar-refractivity contribution in [1.29, 1.82) is 0 Å². The van der Waals surface area contributed by atoms with Crippen molar-refractivity contribution >= 4 is 17.6 Å². The van der Waals surface area contributed by atoms with Crippen LogP contribution in [0.5, 0.6) is 0 Å². The Morgan fingerprint density at radius 3 is 2.67 bits per heavy atom. The molecule has 1 aromatic carbocycles. The number of hydrogen-bond acceptors (Lipinski definition) is 3. The third kappa shape index (κ3) is 2.91. The molecule has 1 heterocycles. The van der Waals surface area contributed by atoms with Crippen molar-refractivity contribution in [3.05, 3.63) is 29.8 Å². The summed E-state index contributed by atoms with van der Waals surface area (Å²) in [7, 11) is 0. The molecule has 1 fully saturated rings. The van der Waals surface area contributed by atoms with Gasteiger partial charge in [0.15, 0.2) is 0 Å². The van der Waals surface area contributed by atoms with Crippen molar-refractivity contribution in [1.82, 2.24) is 10.2 Å². The van der Waals surface area contributed by atoms with Gasteiger partial charge in [-0.2, -0.15) is 0 Å². The Labute approximate surface area is 105 Å². The van der Waals surface area contributed by atoms with Crippen molar-refractivity contribution in [2.75, 3.05) is 31.5 Å². The average molecular weight is 248 g/mol. The number of rotatable bonds is 5. The van der Waals surface area contributed by atoms with Crippen molar-refractivity contribution in [2.45, 2.75) is 0 Å². The maximum atomic E-state index is 11.3. The van der Waals surface area contributed by atoms with Crippen LogP contribution in [-0.2, 0) is 0 Å². The Morgan fingerprint density at radius 1 is 1.39 bits per heavy atom. The van der Waals surface area contributed by atoms with Crippen LogP contribution in [0.1, 0.15) is 10.4 Å². The zero-order valence-corrected chi connectivity index (χ0v) is 9.98. The van der Waals surface area contributed by atoms with Gasteiger partial charge in [0, 0.05) is 37.4 Å². The minimum atomic E-state index is -0.435. The third-order valence-corrected chi connectivity index (χ3v) is 2.83. The number of primary amides is 1. The van der Waals surface area contributed by atoms with E-state index in [1.807, 2.05) is 0 Å². The van der Waals surface area contributed by atoms with E-state index in [1.165, 1.54) is 0 Å². The lowest BCUT2D eigenvalue weighted by atomic mass is 10.2. The number of urea groups is 1. The smallest absolute Gasteiger partial charge is 0.317 e.